The summed E-state index contributed by atoms with van der Waals surface area (Å²) in [7, 11) is 0. The van der Waals surface area contributed by atoms with Crippen LogP contribution in [0.1, 0.15) is 58.8 Å². The Hall–Kier alpha value is -0.120. The molecular weight excluding hydrogens is 234 g/mol. The molecule has 2 rings (SSSR count). The molecule has 1 aliphatic carbocycles. The monoisotopic (exact) mass is 267 g/mol. The predicted molar refractivity (Wildman–Crippen MR) is 82.4 cm³/mol. The number of nitrogens with two attached hydrogens (primary N) is 1. The molecule has 1 saturated heterocycles. The number of piperazine rings is 1. The van der Waals surface area contributed by atoms with Crippen molar-refractivity contribution in [2.24, 2.45) is 5.73 Å². The number of hydrogen-bond acceptors (Lipinski definition) is 3. The van der Waals surface area contributed by atoms with Crippen molar-refractivity contribution in [2.75, 3.05) is 32.7 Å². The summed E-state index contributed by atoms with van der Waals surface area (Å²) in [4.78, 5) is 5.44. The molecule has 2 fully saturated rings. The summed E-state index contributed by atoms with van der Waals surface area (Å²) in [5, 5.41) is 0. The second-order valence-electron chi connectivity index (χ2n) is 6.49. The van der Waals surface area contributed by atoms with E-state index in [9.17, 15) is 0 Å². The lowest BCUT2D eigenvalue weighted by Crippen LogP contribution is -2.60. The molecule has 1 unspecified atom stereocenters. The van der Waals surface area contributed by atoms with E-state index in [1.165, 1.54) is 71.1 Å². The third-order valence-electron chi connectivity index (χ3n) is 5.58. The molecule has 2 aliphatic rings. The van der Waals surface area contributed by atoms with Crippen molar-refractivity contribution in [1.29, 1.82) is 0 Å². The smallest absolute Gasteiger partial charge is 0.0330 e. The van der Waals surface area contributed by atoms with Gasteiger partial charge in [0.1, 0.15) is 0 Å². The number of rotatable bonds is 6. The van der Waals surface area contributed by atoms with E-state index in [-0.39, 0.29) is 5.54 Å². The second-order valence-corrected chi connectivity index (χ2v) is 6.49. The van der Waals surface area contributed by atoms with Crippen molar-refractivity contribution in [3.8, 4) is 0 Å². The molecule has 1 atom stereocenters. The largest absolute Gasteiger partial charge is 0.329 e. The van der Waals surface area contributed by atoms with E-state index in [4.69, 9.17) is 5.73 Å². The summed E-state index contributed by atoms with van der Waals surface area (Å²) in [6.07, 6.45) is 9.46. The molecule has 3 nitrogen and oxygen atoms in total. The summed E-state index contributed by atoms with van der Waals surface area (Å²) >= 11 is 0. The van der Waals surface area contributed by atoms with Crippen LogP contribution in [-0.2, 0) is 0 Å². The number of nitrogens with zero attached hydrogens (tertiary/aromatic N) is 2. The van der Waals surface area contributed by atoms with Crippen molar-refractivity contribution >= 4 is 0 Å². The van der Waals surface area contributed by atoms with Gasteiger partial charge in [0.25, 0.3) is 0 Å². The van der Waals surface area contributed by atoms with Gasteiger partial charge in [-0.25, -0.2) is 0 Å². The third kappa shape index (κ3) is 3.32. The third-order valence-corrected chi connectivity index (χ3v) is 5.58. The highest BCUT2D eigenvalue weighted by Crippen LogP contribution is 2.29. The molecule has 0 spiro atoms. The number of hydrogen-bond donors (Lipinski definition) is 1. The van der Waals surface area contributed by atoms with Gasteiger partial charge < -0.3 is 5.73 Å². The summed E-state index contributed by atoms with van der Waals surface area (Å²) in [5.41, 5.74) is 6.41. The fraction of sp³-hybridized carbons (Fsp3) is 1.00. The molecule has 1 aliphatic heterocycles. The zero-order valence-corrected chi connectivity index (χ0v) is 13.0. The normalized spacial score (nSPS) is 26.7. The van der Waals surface area contributed by atoms with Crippen LogP contribution in [-0.4, -0.2) is 54.1 Å². The van der Waals surface area contributed by atoms with Crippen molar-refractivity contribution < 1.29 is 0 Å². The standard InChI is InChI=1S/C16H33N3/c1-3-9-16(4-2,14-17)19-12-10-18(11-13-19)15-7-5-6-8-15/h15H,3-14,17H2,1-2H3. The van der Waals surface area contributed by atoms with Crippen molar-refractivity contribution in [1.82, 2.24) is 9.80 Å². The van der Waals surface area contributed by atoms with Crippen LogP contribution in [0.25, 0.3) is 0 Å². The van der Waals surface area contributed by atoms with Crippen LogP contribution >= 0.6 is 0 Å². The molecule has 0 aromatic rings. The first-order valence-electron chi connectivity index (χ1n) is 8.45. The molecule has 112 valence electrons. The molecule has 1 heterocycles. The van der Waals surface area contributed by atoms with Gasteiger partial charge in [-0.3, -0.25) is 9.80 Å². The van der Waals surface area contributed by atoms with Crippen LogP contribution in [0.3, 0.4) is 0 Å². The van der Waals surface area contributed by atoms with Gasteiger partial charge in [0.15, 0.2) is 0 Å². The lowest BCUT2D eigenvalue weighted by atomic mass is 9.88. The van der Waals surface area contributed by atoms with Gasteiger partial charge in [-0.2, -0.15) is 0 Å². The van der Waals surface area contributed by atoms with Gasteiger partial charge in [0, 0.05) is 44.3 Å². The zero-order chi connectivity index (χ0) is 13.7. The Morgan fingerprint density at radius 2 is 1.68 bits per heavy atom. The molecule has 0 radical (unpaired) electrons. The molecule has 0 aromatic heterocycles. The fourth-order valence-electron chi connectivity index (χ4n) is 4.23. The first kappa shape index (κ1) is 15.3. The summed E-state index contributed by atoms with van der Waals surface area (Å²) in [6.45, 7) is 10.4. The zero-order valence-electron chi connectivity index (χ0n) is 13.0. The Kier molecular flexibility index (Phi) is 5.67. The Morgan fingerprint density at radius 3 is 2.16 bits per heavy atom. The van der Waals surface area contributed by atoms with E-state index in [1.54, 1.807) is 0 Å². The van der Waals surface area contributed by atoms with Gasteiger partial charge in [-0.15, -0.1) is 0 Å². The lowest BCUT2D eigenvalue weighted by molar-refractivity contribution is 0.0142. The Labute approximate surface area is 119 Å². The summed E-state index contributed by atoms with van der Waals surface area (Å²) in [6, 6.07) is 0.891. The van der Waals surface area contributed by atoms with Crippen molar-refractivity contribution in [3.05, 3.63) is 0 Å². The van der Waals surface area contributed by atoms with Crippen LogP contribution in [0.15, 0.2) is 0 Å². The summed E-state index contributed by atoms with van der Waals surface area (Å²) < 4.78 is 0. The van der Waals surface area contributed by atoms with Gasteiger partial charge in [-0.1, -0.05) is 33.1 Å². The van der Waals surface area contributed by atoms with Crippen molar-refractivity contribution in [2.45, 2.75) is 70.4 Å². The average Bonchev–Trinajstić information content (AvgIpc) is 2.99. The molecule has 19 heavy (non-hydrogen) atoms. The molecule has 0 bridgehead atoms. The molecular formula is C16H33N3. The first-order chi connectivity index (χ1) is 9.25. The van der Waals surface area contributed by atoms with Gasteiger partial charge in [0.05, 0.1) is 0 Å². The van der Waals surface area contributed by atoms with E-state index in [2.05, 4.69) is 23.6 Å². The quantitative estimate of drug-likeness (QED) is 0.802. The average molecular weight is 267 g/mol. The molecule has 0 aromatic carbocycles. The van der Waals surface area contributed by atoms with E-state index >= 15 is 0 Å². The van der Waals surface area contributed by atoms with Crippen LogP contribution in [0.5, 0.6) is 0 Å². The Bertz CT molecular complexity index is 249. The Balaban J connectivity index is 1.89. The highest BCUT2D eigenvalue weighted by atomic mass is 15.3. The minimum atomic E-state index is 0.274. The predicted octanol–water partition coefficient (Wildman–Crippen LogP) is 2.45. The first-order valence-corrected chi connectivity index (χ1v) is 8.45. The van der Waals surface area contributed by atoms with Crippen LogP contribution in [0.4, 0.5) is 0 Å². The van der Waals surface area contributed by atoms with Gasteiger partial charge in [-0.05, 0) is 25.7 Å². The van der Waals surface area contributed by atoms with Crippen molar-refractivity contribution in [3.63, 3.8) is 0 Å². The van der Waals surface area contributed by atoms with Crippen LogP contribution < -0.4 is 5.73 Å². The van der Waals surface area contributed by atoms with E-state index in [0.717, 1.165) is 12.6 Å². The maximum Gasteiger partial charge on any atom is 0.0330 e. The fourth-order valence-corrected chi connectivity index (χ4v) is 4.23. The van der Waals surface area contributed by atoms with Gasteiger partial charge in [0.2, 0.25) is 0 Å². The van der Waals surface area contributed by atoms with E-state index in [0.29, 0.717) is 0 Å². The second kappa shape index (κ2) is 7.05. The SMILES string of the molecule is CCCC(CC)(CN)N1CCN(C2CCCC2)CC1. The maximum absolute atomic E-state index is 6.14. The minimum absolute atomic E-state index is 0.274. The van der Waals surface area contributed by atoms with Crippen LogP contribution in [0, 0.1) is 0 Å². The van der Waals surface area contributed by atoms with E-state index in [1.807, 2.05) is 0 Å². The topological polar surface area (TPSA) is 32.5 Å². The minimum Gasteiger partial charge on any atom is -0.329 e. The highest BCUT2D eigenvalue weighted by Gasteiger charge is 2.36. The Morgan fingerprint density at radius 1 is 1.05 bits per heavy atom. The molecule has 0 amide bonds. The lowest BCUT2D eigenvalue weighted by Gasteiger charge is -2.48. The van der Waals surface area contributed by atoms with Gasteiger partial charge >= 0.3 is 0 Å². The summed E-state index contributed by atoms with van der Waals surface area (Å²) in [5.74, 6) is 0. The highest BCUT2D eigenvalue weighted by molar-refractivity contribution is 4.94. The maximum atomic E-state index is 6.14. The molecule has 1 saturated carbocycles. The molecule has 2 N–H and O–H groups in total. The molecule has 3 heteroatoms. The van der Waals surface area contributed by atoms with E-state index < -0.39 is 0 Å². The van der Waals surface area contributed by atoms with Crippen LogP contribution in [0.2, 0.25) is 0 Å².